The Morgan fingerprint density at radius 2 is 1.76 bits per heavy atom. The molecule has 0 heterocycles. The number of nitrogens with one attached hydrogen (secondary N) is 1. The standard InChI is InChI=1S/C23H34N2O4/c1-17-9-7-10-18(2)23(17)24-20(26)15-25(3)21(27)16-29-22(28)14-8-13-19-11-5-4-6-12-19/h7,9-10,19H,4-6,8,11-16H2,1-3H3,(H,24,26). The Bertz CT molecular complexity index is 691. The number of likely N-dealkylation sites (N-methyl/N-ethyl adjacent to an activating group) is 1. The first-order valence-electron chi connectivity index (χ1n) is 10.6. The summed E-state index contributed by atoms with van der Waals surface area (Å²) < 4.78 is 5.09. The molecule has 2 rings (SSSR count). The number of anilines is 1. The topological polar surface area (TPSA) is 75.7 Å². The lowest BCUT2D eigenvalue weighted by Gasteiger charge is -2.21. The number of amides is 2. The van der Waals surface area contributed by atoms with Gasteiger partial charge >= 0.3 is 5.97 Å². The van der Waals surface area contributed by atoms with E-state index in [9.17, 15) is 14.4 Å². The number of nitrogens with zero attached hydrogens (tertiary/aromatic N) is 1. The summed E-state index contributed by atoms with van der Waals surface area (Å²) in [6.07, 6.45) is 8.68. The Balaban J connectivity index is 1.66. The number of aryl methyl sites for hydroxylation is 2. The van der Waals surface area contributed by atoms with E-state index in [0.29, 0.717) is 6.42 Å². The first-order chi connectivity index (χ1) is 13.9. The molecule has 1 N–H and O–H groups in total. The Kier molecular flexibility index (Phi) is 9.16. The number of carbonyl (C=O) groups excluding carboxylic acids is 3. The molecule has 0 saturated heterocycles. The molecule has 1 aromatic carbocycles. The maximum absolute atomic E-state index is 12.2. The third kappa shape index (κ3) is 7.87. The second kappa shape index (κ2) is 11.6. The van der Waals surface area contributed by atoms with Gasteiger partial charge in [0.25, 0.3) is 5.91 Å². The molecule has 0 unspecified atom stereocenters. The third-order valence-corrected chi connectivity index (χ3v) is 5.63. The quantitative estimate of drug-likeness (QED) is 0.634. The summed E-state index contributed by atoms with van der Waals surface area (Å²) in [5.74, 6) is -0.276. The predicted octanol–water partition coefficient (Wildman–Crippen LogP) is 3.99. The van der Waals surface area contributed by atoms with E-state index in [4.69, 9.17) is 4.74 Å². The van der Waals surface area contributed by atoms with E-state index >= 15 is 0 Å². The maximum Gasteiger partial charge on any atom is 0.306 e. The molecule has 1 aliphatic rings. The number of benzene rings is 1. The molecule has 29 heavy (non-hydrogen) atoms. The molecule has 0 radical (unpaired) electrons. The smallest absolute Gasteiger partial charge is 0.306 e. The second-order valence-corrected chi connectivity index (χ2v) is 8.12. The Hall–Kier alpha value is -2.37. The monoisotopic (exact) mass is 402 g/mol. The minimum Gasteiger partial charge on any atom is -0.456 e. The number of ether oxygens (including phenoxy) is 1. The number of hydrogen-bond donors (Lipinski definition) is 1. The van der Waals surface area contributed by atoms with Gasteiger partial charge in [-0.25, -0.2) is 0 Å². The first kappa shape index (κ1) is 22.9. The van der Waals surface area contributed by atoms with Gasteiger partial charge < -0.3 is 15.0 Å². The van der Waals surface area contributed by atoms with Crippen LogP contribution < -0.4 is 5.32 Å². The van der Waals surface area contributed by atoms with E-state index in [1.165, 1.54) is 44.1 Å². The van der Waals surface area contributed by atoms with Crippen LogP contribution in [0.15, 0.2) is 18.2 Å². The fourth-order valence-corrected chi connectivity index (χ4v) is 3.83. The predicted molar refractivity (Wildman–Crippen MR) is 114 cm³/mol. The first-order valence-corrected chi connectivity index (χ1v) is 10.6. The summed E-state index contributed by atoms with van der Waals surface area (Å²) in [6.45, 7) is 3.43. The van der Waals surface area contributed by atoms with Gasteiger partial charge in [0.2, 0.25) is 5.91 Å². The van der Waals surface area contributed by atoms with Crippen molar-refractivity contribution in [2.24, 2.45) is 5.92 Å². The van der Waals surface area contributed by atoms with E-state index in [1.54, 1.807) is 0 Å². The van der Waals surface area contributed by atoms with E-state index in [2.05, 4.69) is 5.32 Å². The fraction of sp³-hybridized carbons (Fsp3) is 0.609. The van der Waals surface area contributed by atoms with Gasteiger partial charge in [0.05, 0.1) is 6.54 Å². The van der Waals surface area contributed by atoms with Gasteiger partial charge in [-0.05, 0) is 43.7 Å². The van der Waals surface area contributed by atoms with Crippen molar-refractivity contribution in [3.05, 3.63) is 29.3 Å². The highest BCUT2D eigenvalue weighted by atomic mass is 16.5. The number of esters is 1. The molecule has 0 aliphatic heterocycles. The molecular formula is C23H34N2O4. The van der Waals surface area contributed by atoms with Crippen molar-refractivity contribution >= 4 is 23.5 Å². The largest absolute Gasteiger partial charge is 0.456 e. The van der Waals surface area contributed by atoms with Crippen molar-refractivity contribution in [3.8, 4) is 0 Å². The van der Waals surface area contributed by atoms with Gasteiger partial charge in [-0.15, -0.1) is 0 Å². The fourth-order valence-electron chi connectivity index (χ4n) is 3.83. The van der Waals surface area contributed by atoms with Crippen LogP contribution >= 0.6 is 0 Å². The highest BCUT2D eigenvalue weighted by Crippen LogP contribution is 2.27. The number of carbonyl (C=O) groups is 3. The average molecular weight is 403 g/mol. The highest BCUT2D eigenvalue weighted by molar-refractivity contribution is 5.96. The maximum atomic E-state index is 12.2. The van der Waals surface area contributed by atoms with Gasteiger partial charge in [-0.3, -0.25) is 14.4 Å². The van der Waals surface area contributed by atoms with Gasteiger partial charge in [-0.1, -0.05) is 50.3 Å². The molecule has 1 aromatic rings. The molecule has 2 amide bonds. The van der Waals surface area contributed by atoms with Gasteiger partial charge in [-0.2, -0.15) is 0 Å². The van der Waals surface area contributed by atoms with Crippen LogP contribution in [0.5, 0.6) is 0 Å². The molecule has 0 aromatic heterocycles. The van der Waals surface area contributed by atoms with E-state index < -0.39 is 0 Å². The number of hydrogen-bond acceptors (Lipinski definition) is 4. The molecule has 1 saturated carbocycles. The molecule has 0 atom stereocenters. The minimum atomic E-state index is -0.387. The lowest BCUT2D eigenvalue weighted by molar-refractivity contribution is -0.151. The average Bonchev–Trinajstić information content (AvgIpc) is 2.69. The lowest BCUT2D eigenvalue weighted by Crippen LogP contribution is -2.37. The van der Waals surface area contributed by atoms with Crippen LogP contribution in [0.4, 0.5) is 5.69 Å². The van der Waals surface area contributed by atoms with Crippen LogP contribution in [0, 0.1) is 19.8 Å². The molecular weight excluding hydrogens is 368 g/mol. The zero-order valence-electron chi connectivity index (χ0n) is 18.0. The van der Waals surface area contributed by atoms with Gasteiger partial charge in [0, 0.05) is 19.2 Å². The summed E-state index contributed by atoms with van der Waals surface area (Å²) >= 11 is 0. The van der Waals surface area contributed by atoms with Crippen molar-refractivity contribution in [2.45, 2.75) is 65.2 Å². The third-order valence-electron chi connectivity index (χ3n) is 5.63. The number of para-hydroxylation sites is 1. The molecule has 0 bridgehead atoms. The van der Waals surface area contributed by atoms with Gasteiger partial charge in [0.15, 0.2) is 6.61 Å². The zero-order valence-corrected chi connectivity index (χ0v) is 18.0. The molecule has 0 spiro atoms. The summed E-state index contributed by atoms with van der Waals surface area (Å²) in [5, 5.41) is 2.85. The van der Waals surface area contributed by atoms with E-state index in [1.807, 2.05) is 32.0 Å². The van der Waals surface area contributed by atoms with Crippen LogP contribution in [-0.2, 0) is 19.1 Å². The summed E-state index contributed by atoms with van der Waals surface area (Å²) in [7, 11) is 1.53. The normalized spacial score (nSPS) is 14.3. The number of rotatable bonds is 9. The summed E-state index contributed by atoms with van der Waals surface area (Å²) in [6, 6.07) is 5.77. The molecule has 6 nitrogen and oxygen atoms in total. The Morgan fingerprint density at radius 3 is 2.41 bits per heavy atom. The Morgan fingerprint density at radius 1 is 1.10 bits per heavy atom. The van der Waals surface area contributed by atoms with E-state index in [0.717, 1.165) is 35.6 Å². The Labute approximate surface area is 174 Å². The van der Waals surface area contributed by atoms with Crippen LogP contribution in [-0.4, -0.2) is 42.9 Å². The van der Waals surface area contributed by atoms with Crippen LogP contribution in [0.1, 0.15) is 62.5 Å². The van der Waals surface area contributed by atoms with Crippen molar-refractivity contribution in [1.29, 1.82) is 0 Å². The van der Waals surface area contributed by atoms with Crippen molar-refractivity contribution in [2.75, 3.05) is 25.5 Å². The van der Waals surface area contributed by atoms with Crippen molar-refractivity contribution in [1.82, 2.24) is 4.90 Å². The second-order valence-electron chi connectivity index (χ2n) is 8.12. The summed E-state index contributed by atoms with van der Waals surface area (Å²) in [5.41, 5.74) is 2.70. The molecule has 160 valence electrons. The SMILES string of the molecule is Cc1cccc(C)c1NC(=O)CN(C)C(=O)COC(=O)CCCC1CCCCC1. The van der Waals surface area contributed by atoms with Gasteiger partial charge in [0.1, 0.15) is 0 Å². The highest BCUT2D eigenvalue weighted by Gasteiger charge is 2.17. The van der Waals surface area contributed by atoms with Crippen LogP contribution in [0.2, 0.25) is 0 Å². The van der Waals surface area contributed by atoms with Crippen LogP contribution in [0.3, 0.4) is 0 Å². The van der Waals surface area contributed by atoms with Crippen LogP contribution in [0.25, 0.3) is 0 Å². The van der Waals surface area contributed by atoms with E-state index in [-0.39, 0.29) is 30.9 Å². The van der Waals surface area contributed by atoms with Crippen molar-refractivity contribution in [3.63, 3.8) is 0 Å². The van der Waals surface area contributed by atoms with Crippen molar-refractivity contribution < 1.29 is 19.1 Å². The molecule has 1 aliphatic carbocycles. The zero-order chi connectivity index (χ0) is 21.2. The molecule has 6 heteroatoms. The molecule has 1 fully saturated rings. The summed E-state index contributed by atoms with van der Waals surface area (Å²) in [4.78, 5) is 37.6. The minimum absolute atomic E-state index is 0.0914. The lowest BCUT2D eigenvalue weighted by atomic mass is 9.86.